The number of halogens is 1. The molecule has 1 aromatic heterocycles. The van der Waals surface area contributed by atoms with E-state index in [1.807, 2.05) is 18.4 Å². The zero-order valence-corrected chi connectivity index (χ0v) is 19.5. The van der Waals surface area contributed by atoms with Gasteiger partial charge in [-0.2, -0.15) is 0 Å². The molecule has 0 aliphatic heterocycles. The maximum Gasteiger partial charge on any atom is 0.337 e. The van der Waals surface area contributed by atoms with Gasteiger partial charge in [0.15, 0.2) is 5.78 Å². The van der Waals surface area contributed by atoms with Crippen LogP contribution >= 0.6 is 11.6 Å². The van der Waals surface area contributed by atoms with Gasteiger partial charge in [-0.1, -0.05) is 50.9 Å². The number of ketones is 1. The van der Waals surface area contributed by atoms with Gasteiger partial charge in [0.25, 0.3) is 0 Å². The summed E-state index contributed by atoms with van der Waals surface area (Å²) in [5, 5.41) is 1.21. The lowest BCUT2D eigenvalue weighted by atomic mass is 9.96. The van der Waals surface area contributed by atoms with Crippen LogP contribution in [0.2, 0.25) is 5.02 Å². The topological polar surface area (TPSA) is 91.4 Å². The molecule has 0 saturated carbocycles. The van der Waals surface area contributed by atoms with Gasteiger partial charge in [0.1, 0.15) is 0 Å². The van der Waals surface area contributed by atoms with Crippen molar-refractivity contribution in [2.45, 2.75) is 40.2 Å². The Morgan fingerprint density at radius 3 is 2.34 bits per heavy atom. The first-order chi connectivity index (χ1) is 15.2. The number of Topliss-reactive ketones (excluding diaryl/α,β-unsaturated/α-hetero) is 1. The van der Waals surface area contributed by atoms with Crippen molar-refractivity contribution in [3.63, 3.8) is 0 Å². The summed E-state index contributed by atoms with van der Waals surface area (Å²) in [6, 6.07) is 10.2. The Bertz CT molecular complexity index is 1210. The number of primary amides is 1. The summed E-state index contributed by atoms with van der Waals surface area (Å²) in [5.74, 6) is -1.12. The van der Waals surface area contributed by atoms with Crippen LogP contribution in [0.4, 0.5) is 0 Å². The van der Waals surface area contributed by atoms with Gasteiger partial charge in [0, 0.05) is 39.7 Å². The van der Waals surface area contributed by atoms with Crippen LogP contribution in [0.1, 0.15) is 69.5 Å². The maximum absolute atomic E-state index is 13.2. The van der Waals surface area contributed by atoms with E-state index in [1.165, 1.54) is 7.11 Å². The molecule has 3 rings (SSSR count). The molecular formula is C25H27ClN2O4. The average Bonchev–Trinajstić information content (AvgIpc) is 3.06. The third-order valence-electron chi connectivity index (χ3n) is 5.52. The number of amides is 1. The van der Waals surface area contributed by atoms with Crippen LogP contribution in [0.15, 0.2) is 36.4 Å². The van der Waals surface area contributed by atoms with Crippen molar-refractivity contribution >= 4 is 40.2 Å². The van der Waals surface area contributed by atoms with Crippen LogP contribution in [-0.2, 0) is 17.7 Å². The number of hydrogen-bond acceptors (Lipinski definition) is 4. The standard InChI is InChI=1S/C25H27ClN2O4/c1-5-6-20-22(23(29)14(2)3)18-10-9-15(24(27)30)12-21(18)28(20)13-17-8-7-16(11-19(17)26)25(31)32-4/h7-12,14H,5-6,13H2,1-4H3,(H2,27,30). The highest BCUT2D eigenvalue weighted by molar-refractivity contribution is 6.31. The lowest BCUT2D eigenvalue weighted by Gasteiger charge is -2.14. The van der Waals surface area contributed by atoms with Gasteiger partial charge < -0.3 is 15.0 Å². The predicted octanol–water partition coefficient (Wildman–Crippen LogP) is 5.02. The van der Waals surface area contributed by atoms with Gasteiger partial charge >= 0.3 is 5.97 Å². The SMILES string of the molecule is CCCc1c(C(=O)C(C)C)c2ccc(C(N)=O)cc2n1Cc1ccc(C(=O)OC)cc1Cl. The fourth-order valence-corrected chi connectivity index (χ4v) is 4.13. The highest BCUT2D eigenvalue weighted by Gasteiger charge is 2.25. The Balaban J connectivity index is 2.25. The third kappa shape index (κ3) is 4.41. The number of rotatable bonds is 8. The van der Waals surface area contributed by atoms with Gasteiger partial charge in [-0.3, -0.25) is 9.59 Å². The fourth-order valence-electron chi connectivity index (χ4n) is 3.89. The van der Waals surface area contributed by atoms with E-state index in [4.69, 9.17) is 22.1 Å². The second-order valence-electron chi connectivity index (χ2n) is 8.07. The molecule has 6 nitrogen and oxygen atoms in total. The molecule has 0 radical (unpaired) electrons. The molecule has 1 amide bonds. The first-order valence-corrected chi connectivity index (χ1v) is 10.9. The molecule has 0 aliphatic rings. The number of ether oxygens (including phenoxy) is 1. The average molecular weight is 455 g/mol. The van der Waals surface area contributed by atoms with Crippen LogP contribution < -0.4 is 5.73 Å². The Kier molecular flexibility index (Phi) is 7.04. The third-order valence-corrected chi connectivity index (χ3v) is 5.87. The minimum atomic E-state index is -0.533. The number of carbonyl (C=O) groups is 3. The Hall–Kier alpha value is -3.12. The number of hydrogen-bond donors (Lipinski definition) is 1. The monoisotopic (exact) mass is 454 g/mol. The molecule has 0 atom stereocenters. The van der Waals surface area contributed by atoms with Crippen LogP contribution in [-0.4, -0.2) is 29.3 Å². The van der Waals surface area contributed by atoms with Crippen molar-refractivity contribution in [3.05, 3.63) is 69.4 Å². The van der Waals surface area contributed by atoms with Gasteiger partial charge in [0.05, 0.1) is 18.2 Å². The summed E-state index contributed by atoms with van der Waals surface area (Å²) in [7, 11) is 1.32. The van der Waals surface area contributed by atoms with Crippen molar-refractivity contribution in [1.29, 1.82) is 0 Å². The normalized spacial score (nSPS) is 11.2. The molecule has 2 aromatic carbocycles. The molecule has 7 heteroatoms. The number of nitrogens with zero attached hydrogens (tertiary/aromatic N) is 1. The van der Waals surface area contributed by atoms with E-state index in [2.05, 4.69) is 6.92 Å². The lowest BCUT2D eigenvalue weighted by Crippen LogP contribution is -2.13. The second kappa shape index (κ2) is 9.57. The van der Waals surface area contributed by atoms with Crippen molar-refractivity contribution in [2.24, 2.45) is 11.7 Å². The van der Waals surface area contributed by atoms with E-state index in [-0.39, 0.29) is 11.7 Å². The summed E-state index contributed by atoms with van der Waals surface area (Å²) in [5.41, 5.74) is 9.36. The minimum absolute atomic E-state index is 0.0520. The molecule has 0 spiro atoms. The number of nitrogens with two attached hydrogens (primary N) is 1. The molecule has 0 unspecified atom stereocenters. The molecule has 0 aliphatic carbocycles. The van der Waals surface area contributed by atoms with Gasteiger partial charge in [-0.25, -0.2) is 4.79 Å². The van der Waals surface area contributed by atoms with E-state index in [0.717, 1.165) is 28.6 Å². The first-order valence-electron chi connectivity index (χ1n) is 10.5. The molecule has 0 fully saturated rings. The fraction of sp³-hybridized carbons (Fsp3) is 0.320. The van der Waals surface area contributed by atoms with Crippen LogP contribution in [0, 0.1) is 5.92 Å². The first kappa shape index (κ1) is 23.5. The number of fused-ring (bicyclic) bond motifs is 1. The minimum Gasteiger partial charge on any atom is -0.465 e. The quantitative estimate of drug-likeness (QED) is 0.382. The van der Waals surface area contributed by atoms with E-state index < -0.39 is 11.9 Å². The lowest BCUT2D eigenvalue weighted by molar-refractivity contribution is 0.0600. The summed E-state index contributed by atoms with van der Waals surface area (Å²) in [4.78, 5) is 36.8. The molecule has 3 aromatic rings. The van der Waals surface area contributed by atoms with E-state index in [1.54, 1.807) is 36.4 Å². The summed E-state index contributed by atoms with van der Waals surface area (Å²) in [6.45, 7) is 6.18. The zero-order chi connectivity index (χ0) is 23.6. The van der Waals surface area contributed by atoms with Crippen LogP contribution in [0.5, 0.6) is 0 Å². The largest absolute Gasteiger partial charge is 0.465 e. The molecule has 2 N–H and O–H groups in total. The molecule has 168 valence electrons. The number of esters is 1. The van der Waals surface area contributed by atoms with Crippen molar-refractivity contribution < 1.29 is 19.1 Å². The summed E-state index contributed by atoms with van der Waals surface area (Å²) in [6.07, 6.45) is 1.53. The second-order valence-corrected chi connectivity index (χ2v) is 8.48. The number of aromatic nitrogens is 1. The zero-order valence-electron chi connectivity index (χ0n) is 18.7. The smallest absolute Gasteiger partial charge is 0.337 e. The number of methoxy groups -OCH3 is 1. The molecule has 0 bridgehead atoms. The Labute approximate surface area is 192 Å². The van der Waals surface area contributed by atoms with E-state index in [9.17, 15) is 14.4 Å². The van der Waals surface area contributed by atoms with Crippen molar-refractivity contribution in [3.8, 4) is 0 Å². The summed E-state index contributed by atoms with van der Waals surface area (Å²) < 4.78 is 6.79. The number of benzene rings is 2. The van der Waals surface area contributed by atoms with Crippen molar-refractivity contribution in [1.82, 2.24) is 4.57 Å². The highest BCUT2D eigenvalue weighted by atomic mass is 35.5. The molecule has 32 heavy (non-hydrogen) atoms. The summed E-state index contributed by atoms with van der Waals surface area (Å²) >= 11 is 6.50. The number of carbonyl (C=O) groups excluding carboxylic acids is 3. The maximum atomic E-state index is 13.2. The van der Waals surface area contributed by atoms with Gasteiger partial charge in [0.2, 0.25) is 5.91 Å². The van der Waals surface area contributed by atoms with Gasteiger partial charge in [-0.15, -0.1) is 0 Å². The highest BCUT2D eigenvalue weighted by Crippen LogP contribution is 2.32. The molecule has 0 saturated heterocycles. The van der Waals surface area contributed by atoms with Crippen LogP contribution in [0.3, 0.4) is 0 Å². The van der Waals surface area contributed by atoms with E-state index >= 15 is 0 Å². The van der Waals surface area contributed by atoms with E-state index in [0.29, 0.717) is 34.7 Å². The van der Waals surface area contributed by atoms with Gasteiger partial charge in [-0.05, 0) is 36.2 Å². The molecule has 1 heterocycles. The molecular weight excluding hydrogens is 428 g/mol. The van der Waals surface area contributed by atoms with Crippen molar-refractivity contribution in [2.75, 3.05) is 7.11 Å². The Morgan fingerprint density at radius 2 is 1.78 bits per heavy atom. The van der Waals surface area contributed by atoms with Crippen LogP contribution in [0.25, 0.3) is 10.9 Å². The Morgan fingerprint density at radius 1 is 1.09 bits per heavy atom. The predicted molar refractivity (Wildman–Crippen MR) is 126 cm³/mol.